The Balaban J connectivity index is 1.32. The summed E-state index contributed by atoms with van der Waals surface area (Å²) in [5.74, 6) is 7.10. The second kappa shape index (κ2) is 13.2. The predicted octanol–water partition coefficient (Wildman–Crippen LogP) is 3.94. The number of fused-ring (bicyclic) bond motifs is 1. The summed E-state index contributed by atoms with van der Waals surface area (Å²) in [7, 11) is 0. The lowest BCUT2D eigenvalue weighted by Crippen LogP contribution is -2.37. The van der Waals surface area contributed by atoms with Crippen molar-refractivity contribution in [2.24, 2.45) is 16.7 Å². The molecule has 0 spiro atoms. The van der Waals surface area contributed by atoms with Gasteiger partial charge in [0.15, 0.2) is 5.84 Å². The van der Waals surface area contributed by atoms with E-state index in [-0.39, 0.29) is 23.1 Å². The number of ether oxygens (including phenoxy) is 1. The summed E-state index contributed by atoms with van der Waals surface area (Å²) in [6, 6.07) is 21.0. The number of aromatic nitrogens is 2. The molecule has 0 unspecified atom stereocenters. The van der Waals surface area contributed by atoms with Gasteiger partial charge in [0, 0.05) is 28.8 Å². The molecular formula is C31H30N8O6. The number of carbonyl (C=O) groups excluding carboxylic acids is 2. The zero-order valence-corrected chi connectivity index (χ0v) is 24.5. The highest BCUT2D eigenvalue weighted by molar-refractivity contribution is 6.03. The Kier molecular flexibility index (Phi) is 8.95. The molecule has 4 N–H and O–H groups in total. The standard InChI is InChI=1S/C31H30N8O6/c1-19-24-15-16-28(40)37(30(24)35-20(2)34-19)17-21-11-13-22(14-12-21)25-8-4-5-9-26(25)29(32)36-38(33)31(41)45-27-10-6-3-7-23(27)18-44-39(42)43/h3-14H,15-18,33H2,1-2H3,(H2,32,36). The Bertz CT molecular complexity index is 1790. The van der Waals surface area contributed by atoms with Gasteiger partial charge in [0.2, 0.25) is 5.91 Å². The molecular weight excluding hydrogens is 580 g/mol. The van der Waals surface area contributed by atoms with Crippen LogP contribution in [0.25, 0.3) is 11.1 Å². The number of hydrazine groups is 1. The minimum absolute atomic E-state index is 0.0108. The monoisotopic (exact) mass is 610 g/mol. The maximum atomic E-state index is 12.9. The number of aryl methyl sites for hydroxylation is 2. The van der Waals surface area contributed by atoms with Gasteiger partial charge in [-0.05, 0) is 43.0 Å². The van der Waals surface area contributed by atoms with Crippen LogP contribution < -0.4 is 21.2 Å². The molecule has 1 aromatic heterocycles. The average Bonchev–Trinajstić information content (AvgIpc) is 3.02. The molecule has 1 aliphatic rings. The van der Waals surface area contributed by atoms with Crippen LogP contribution in [0.15, 0.2) is 77.9 Å². The number of hydrogen-bond acceptors (Lipinski definition) is 10. The van der Waals surface area contributed by atoms with Gasteiger partial charge < -0.3 is 15.3 Å². The van der Waals surface area contributed by atoms with Gasteiger partial charge in [0.05, 0.1) is 6.54 Å². The summed E-state index contributed by atoms with van der Waals surface area (Å²) in [4.78, 5) is 51.2. The van der Waals surface area contributed by atoms with Gasteiger partial charge in [-0.15, -0.1) is 20.3 Å². The first-order valence-corrected chi connectivity index (χ1v) is 13.9. The van der Waals surface area contributed by atoms with Crippen LogP contribution in [0, 0.1) is 24.0 Å². The van der Waals surface area contributed by atoms with Crippen molar-refractivity contribution in [3.63, 3.8) is 0 Å². The van der Waals surface area contributed by atoms with Gasteiger partial charge in [-0.1, -0.05) is 66.7 Å². The quantitative estimate of drug-likeness (QED) is 0.0700. The molecule has 0 atom stereocenters. The lowest BCUT2D eigenvalue weighted by Gasteiger charge is -2.29. The van der Waals surface area contributed by atoms with E-state index in [2.05, 4.69) is 19.9 Å². The molecule has 2 heterocycles. The summed E-state index contributed by atoms with van der Waals surface area (Å²) in [6.07, 6.45) is -0.0455. The molecule has 0 saturated carbocycles. The Labute approximate surface area is 258 Å². The fourth-order valence-electron chi connectivity index (χ4n) is 5.01. The summed E-state index contributed by atoms with van der Waals surface area (Å²) >= 11 is 0. The van der Waals surface area contributed by atoms with E-state index in [4.69, 9.17) is 16.3 Å². The molecule has 45 heavy (non-hydrogen) atoms. The van der Waals surface area contributed by atoms with E-state index < -0.39 is 17.8 Å². The Hall–Kier alpha value is -5.89. The van der Waals surface area contributed by atoms with Crippen LogP contribution in [-0.2, 0) is 29.2 Å². The Morgan fingerprint density at radius 1 is 1.04 bits per heavy atom. The largest absolute Gasteiger partial charge is 0.451 e. The van der Waals surface area contributed by atoms with E-state index in [0.29, 0.717) is 41.7 Å². The first-order valence-electron chi connectivity index (χ1n) is 13.9. The van der Waals surface area contributed by atoms with Gasteiger partial charge in [-0.3, -0.25) is 9.69 Å². The highest BCUT2D eigenvalue weighted by Crippen LogP contribution is 2.30. The second-order valence-electron chi connectivity index (χ2n) is 10.2. The number of nitrogens with two attached hydrogens (primary N) is 2. The number of benzene rings is 3. The zero-order chi connectivity index (χ0) is 32.1. The highest BCUT2D eigenvalue weighted by Gasteiger charge is 2.28. The average molecular weight is 611 g/mol. The SMILES string of the molecule is Cc1nc(C)c2c(n1)N(Cc1ccc(-c3ccccc3/C(N)=N/N(N)C(=O)Oc3ccccc3CO[N+](=O)[O-])cc1)C(=O)CC2. The summed E-state index contributed by atoms with van der Waals surface area (Å²) in [5, 5.41) is 14.1. The fourth-order valence-corrected chi connectivity index (χ4v) is 5.01. The van der Waals surface area contributed by atoms with Crippen LogP contribution in [-0.4, -0.2) is 38.0 Å². The number of rotatable bonds is 9. The van der Waals surface area contributed by atoms with Crippen LogP contribution in [0.1, 0.15) is 40.2 Å². The highest BCUT2D eigenvalue weighted by atomic mass is 16.9. The van der Waals surface area contributed by atoms with Crippen molar-refractivity contribution in [2.75, 3.05) is 4.90 Å². The van der Waals surface area contributed by atoms with E-state index in [1.807, 2.05) is 50.2 Å². The number of amidine groups is 1. The molecule has 0 bridgehead atoms. The number of hydrogen-bond donors (Lipinski definition) is 2. The molecule has 2 amide bonds. The van der Waals surface area contributed by atoms with Gasteiger partial charge in [-0.25, -0.2) is 20.6 Å². The van der Waals surface area contributed by atoms with E-state index >= 15 is 0 Å². The number of para-hydroxylation sites is 1. The lowest BCUT2D eigenvalue weighted by molar-refractivity contribution is -0.763. The third kappa shape index (κ3) is 7.02. The first-order chi connectivity index (χ1) is 21.6. The van der Waals surface area contributed by atoms with Crippen LogP contribution in [0.4, 0.5) is 10.6 Å². The number of nitrogens with zero attached hydrogens (tertiary/aromatic N) is 6. The third-order valence-corrected chi connectivity index (χ3v) is 7.16. The van der Waals surface area contributed by atoms with Crippen LogP contribution in [0.3, 0.4) is 0 Å². The molecule has 0 fully saturated rings. The van der Waals surface area contributed by atoms with Crippen molar-refractivity contribution >= 4 is 23.7 Å². The molecule has 0 aliphatic carbocycles. The predicted molar refractivity (Wildman–Crippen MR) is 164 cm³/mol. The van der Waals surface area contributed by atoms with Gasteiger partial charge >= 0.3 is 6.09 Å². The second-order valence-corrected chi connectivity index (χ2v) is 10.2. The van der Waals surface area contributed by atoms with Gasteiger partial charge in [0.1, 0.15) is 24.0 Å². The molecule has 0 radical (unpaired) electrons. The summed E-state index contributed by atoms with van der Waals surface area (Å²) < 4.78 is 5.27. The van der Waals surface area contributed by atoms with Gasteiger partial charge in [0.25, 0.3) is 5.09 Å². The zero-order valence-electron chi connectivity index (χ0n) is 24.5. The number of hydrazone groups is 1. The molecule has 14 nitrogen and oxygen atoms in total. The van der Waals surface area contributed by atoms with Crippen molar-refractivity contribution in [1.29, 1.82) is 0 Å². The number of amides is 2. The van der Waals surface area contributed by atoms with Crippen LogP contribution in [0.5, 0.6) is 5.75 Å². The molecule has 1 aliphatic heterocycles. The third-order valence-electron chi connectivity index (χ3n) is 7.16. The summed E-state index contributed by atoms with van der Waals surface area (Å²) in [5.41, 5.74) is 11.4. The lowest BCUT2D eigenvalue weighted by atomic mass is 9.97. The maximum Gasteiger partial charge on any atom is 0.451 e. The van der Waals surface area contributed by atoms with E-state index in [9.17, 15) is 19.7 Å². The molecule has 0 saturated heterocycles. The van der Waals surface area contributed by atoms with E-state index in [1.165, 1.54) is 12.1 Å². The van der Waals surface area contributed by atoms with Crippen LogP contribution >= 0.6 is 0 Å². The number of carbonyl (C=O) groups is 2. The minimum atomic E-state index is -1.07. The minimum Gasteiger partial charge on any atom is -0.408 e. The van der Waals surface area contributed by atoms with Crippen molar-refractivity contribution in [3.8, 4) is 16.9 Å². The normalized spacial score (nSPS) is 12.8. The van der Waals surface area contributed by atoms with Crippen molar-refractivity contribution in [3.05, 3.63) is 117 Å². The van der Waals surface area contributed by atoms with E-state index in [0.717, 1.165) is 27.9 Å². The van der Waals surface area contributed by atoms with Crippen molar-refractivity contribution < 1.29 is 24.3 Å². The topological polar surface area (TPSA) is 192 Å². The van der Waals surface area contributed by atoms with Crippen molar-refractivity contribution in [1.82, 2.24) is 15.1 Å². The molecule has 3 aromatic carbocycles. The first kappa shape index (κ1) is 30.6. The Morgan fingerprint density at radius 3 is 2.51 bits per heavy atom. The molecule has 14 heteroatoms. The summed E-state index contributed by atoms with van der Waals surface area (Å²) in [6.45, 7) is 3.69. The fraction of sp³-hybridized carbons (Fsp3) is 0.194. The van der Waals surface area contributed by atoms with Crippen molar-refractivity contribution in [2.45, 2.75) is 39.8 Å². The van der Waals surface area contributed by atoms with Crippen LogP contribution in [0.2, 0.25) is 0 Å². The molecule has 4 aromatic rings. The maximum absolute atomic E-state index is 12.9. The number of anilines is 1. The molecule has 5 rings (SSSR count). The Morgan fingerprint density at radius 2 is 1.76 bits per heavy atom. The van der Waals surface area contributed by atoms with E-state index in [1.54, 1.807) is 29.2 Å². The smallest absolute Gasteiger partial charge is 0.408 e. The molecule has 230 valence electrons. The van der Waals surface area contributed by atoms with Gasteiger partial charge in [-0.2, -0.15) is 0 Å².